The van der Waals surface area contributed by atoms with Crippen molar-refractivity contribution in [1.29, 1.82) is 0 Å². The summed E-state index contributed by atoms with van der Waals surface area (Å²) >= 11 is 0. The third-order valence-corrected chi connectivity index (χ3v) is 1.92. The minimum atomic E-state index is -0.565. The zero-order chi connectivity index (χ0) is 10.6. The molecule has 0 aromatic carbocycles. The number of carbonyl (C=O) groups excluding carboxylic acids is 2. The summed E-state index contributed by atoms with van der Waals surface area (Å²) < 4.78 is 0. The SMILES string of the molecule is C#CCON1C(=O)CNC(=O)C1CC. The summed E-state index contributed by atoms with van der Waals surface area (Å²) in [6.45, 7) is 1.77. The fourth-order valence-electron chi connectivity index (χ4n) is 1.26. The Bertz CT molecular complexity index is 282. The first-order valence-corrected chi connectivity index (χ1v) is 4.36. The number of amides is 2. The zero-order valence-electron chi connectivity index (χ0n) is 7.95. The van der Waals surface area contributed by atoms with Crippen molar-refractivity contribution in [3.8, 4) is 12.3 Å². The molecule has 1 atom stereocenters. The van der Waals surface area contributed by atoms with Gasteiger partial charge >= 0.3 is 0 Å². The quantitative estimate of drug-likeness (QED) is 0.606. The van der Waals surface area contributed by atoms with E-state index in [1.54, 1.807) is 6.92 Å². The van der Waals surface area contributed by atoms with Crippen molar-refractivity contribution in [2.24, 2.45) is 0 Å². The van der Waals surface area contributed by atoms with Crippen molar-refractivity contribution in [3.63, 3.8) is 0 Å². The number of piperazine rings is 1. The standard InChI is InChI=1S/C9H12N2O3/c1-3-5-14-11-7(4-2)9(13)10-6-8(11)12/h1,7H,4-6H2,2H3,(H,10,13). The third kappa shape index (κ3) is 2.03. The molecular formula is C9H12N2O3. The van der Waals surface area contributed by atoms with E-state index in [2.05, 4.69) is 11.2 Å². The second-order valence-corrected chi connectivity index (χ2v) is 2.84. The molecule has 0 aromatic rings. The number of hydrogen-bond acceptors (Lipinski definition) is 3. The number of nitrogens with zero attached hydrogens (tertiary/aromatic N) is 1. The first-order chi connectivity index (χ1) is 6.70. The molecule has 1 saturated heterocycles. The average Bonchev–Trinajstić information content (AvgIpc) is 2.19. The van der Waals surface area contributed by atoms with Crippen molar-refractivity contribution < 1.29 is 14.4 Å². The summed E-state index contributed by atoms with van der Waals surface area (Å²) in [5.74, 6) is 1.77. The maximum Gasteiger partial charge on any atom is 0.266 e. The van der Waals surface area contributed by atoms with E-state index in [4.69, 9.17) is 11.3 Å². The van der Waals surface area contributed by atoms with Crippen molar-refractivity contribution in [1.82, 2.24) is 10.4 Å². The minimum absolute atomic E-state index is 0.00444. The van der Waals surface area contributed by atoms with Gasteiger partial charge in [0.25, 0.3) is 5.91 Å². The number of carbonyl (C=O) groups is 2. The predicted molar refractivity (Wildman–Crippen MR) is 48.7 cm³/mol. The Morgan fingerprint density at radius 2 is 2.43 bits per heavy atom. The van der Waals surface area contributed by atoms with Gasteiger partial charge < -0.3 is 5.32 Å². The van der Waals surface area contributed by atoms with E-state index in [9.17, 15) is 9.59 Å². The van der Waals surface area contributed by atoms with Gasteiger partial charge in [0, 0.05) is 0 Å². The molecule has 0 aliphatic carbocycles. The number of terminal acetylenes is 1. The summed E-state index contributed by atoms with van der Waals surface area (Å²) in [7, 11) is 0. The van der Waals surface area contributed by atoms with Gasteiger partial charge in [-0.1, -0.05) is 12.8 Å². The topological polar surface area (TPSA) is 58.6 Å². The zero-order valence-corrected chi connectivity index (χ0v) is 7.95. The maximum absolute atomic E-state index is 11.3. The van der Waals surface area contributed by atoms with Crippen LogP contribution in [-0.4, -0.2) is 36.1 Å². The Morgan fingerprint density at radius 3 is 3.00 bits per heavy atom. The molecule has 0 spiro atoms. The van der Waals surface area contributed by atoms with Gasteiger partial charge in [0.1, 0.15) is 12.6 Å². The van der Waals surface area contributed by atoms with E-state index in [0.717, 1.165) is 5.06 Å². The van der Waals surface area contributed by atoms with Gasteiger partial charge in [0.05, 0.1) is 6.54 Å². The molecule has 14 heavy (non-hydrogen) atoms. The largest absolute Gasteiger partial charge is 0.345 e. The molecule has 1 N–H and O–H groups in total. The number of hydrogen-bond donors (Lipinski definition) is 1. The highest BCUT2D eigenvalue weighted by molar-refractivity contribution is 5.94. The second kappa shape index (κ2) is 4.63. The molecular weight excluding hydrogens is 184 g/mol. The lowest BCUT2D eigenvalue weighted by Gasteiger charge is -2.32. The van der Waals surface area contributed by atoms with E-state index < -0.39 is 6.04 Å². The lowest BCUT2D eigenvalue weighted by atomic mass is 10.1. The molecule has 1 aliphatic rings. The van der Waals surface area contributed by atoms with E-state index in [1.807, 2.05) is 0 Å². The first-order valence-electron chi connectivity index (χ1n) is 4.36. The number of hydroxylamine groups is 2. The third-order valence-electron chi connectivity index (χ3n) is 1.92. The molecule has 0 aromatic heterocycles. The normalized spacial score (nSPS) is 21.7. The van der Waals surface area contributed by atoms with Crippen molar-refractivity contribution >= 4 is 11.8 Å². The second-order valence-electron chi connectivity index (χ2n) is 2.84. The lowest BCUT2D eigenvalue weighted by Crippen LogP contribution is -2.57. The minimum Gasteiger partial charge on any atom is -0.345 e. The van der Waals surface area contributed by atoms with Crippen LogP contribution in [0, 0.1) is 12.3 Å². The molecule has 1 heterocycles. The van der Waals surface area contributed by atoms with E-state index in [0.29, 0.717) is 6.42 Å². The van der Waals surface area contributed by atoms with Crippen LogP contribution >= 0.6 is 0 Å². The van der Waals surface area contributed by atoms with Gasteiger partial charge in [-0.15, -0.1) is 6.42 Å². The first kappa shape index (κ1) is 10.5. The van der Waals surface area contributed by atoms with Crippen LogP contribution in [0.25, 0.3) is 0 Å². The number of nitrogens with one attached hydrogen (secondary N) is 1. The molecule has 1 aliphatic heterocycles. The van der Waals surface area contributed by atoms with Crippen LogP contribution in [-0.2, 0) is 14.4 Å². The van der Waals surface area contributed by atoms with Crippen LogP contribution in [0.15, 0.2) is 0 Å². The molecule has 1 rings (SSSR count). The molecule has 0 bridgehead atoms. The summed E-state index contributed by atoms with van der Waals surface area (Å²) in [4.78, 5) is 27.6. The van der Waals surface area contributed by atoms with E-state index in [-0.39, 0.29) is 25.0 Å². The summed E-state index contributed by atoms with van der Waals surface area (Å²) in [6.07, 6.45) is 5.50. The van der Waals surface area contributed by atoms with E-state index >= 15 is 0 Å². The monoisotopic (exact) mass is 196 g/mol. The van der Waals surface area contributed by atoms with Gasteiger partial charge in [0.15, 0.2) is 0 Å². The van der Waals surface area contributed by atoms with Crippen LogP contribution in [0.2, 0.25) is 0 Å². The average molecular weight is 196 g/mol. The van der Waals surface area contributed by atoms with E-state index in [1.165, 1.54) is 0 Å². The predicted octanol–water partition coefficient (Wildman–Crippen LogP) is -0.712. The molecule has 1 unspecified atom stereocenters. The molecule has 1 fully saturated rings. The van der Waals surface area contributed by atoms with Crippen molar-refractivity contribution in [2.75, 3.05) is 13.2 Å². The summed E-state index contributed by atoms with van der Waals surface area (Å²) in [5, 5.41) is 3.55. The highest BCUT2D eigenvalue weighted by atomic mass is 16.7. The van der Waals surface area contributed by atoms with Crippen molar-refractivity contribution in [3.05, 3.63) is 0 Å². The Hall–Kier alpha value is -1.54. The van der Waals surface area contributed by atoms with Gasteiger partial charge in [-0.2, -0.15) is 0 Å². The Balaban J connectivity index is 2.69. The Labute approximate surface area is 82.4 Å². The van der Waals surface area contributed by atoms with Crippen LogP contribution in [0.5, 0.6) is 0 Å². The molecule has 76 valence electrons. The maximum atomic E-state index is 11.3. The molecule has 5 nitrogen and oxygen atoms in total. The van der Waals surface area contributed by atoms with Crippen LogP contribution in [0.4, 0.5) is 0 Å². The van der Waals surface area contributed by atoms with Crippen LogP contribution in [0.1, 0.15) is 13.3 Å². The van der Waals surface area contributed by atoms with Crippen molar-refractivity contribution in [2.45, 2.75) is 19.4 Å². The van der Waals surface area contributed by atoms with Gasteiger partial charge in [-0.05, 0) is 6.42 Å². The van der Waals surface area contributed by atoms with Crippen LogP contribution < -0.4 is 5.32 Å². The summed E-state index contributed by atoms with van der Waals surface area (Å²) in [5.41, 5.74) is 0. The number of rotatable bonds is 3. The van der Waals surface area contributed by atoms with Crippen LogP contribution in [0.3, 0.4) is 0 Å². The molecule has 0 radical (unpaired) electrons. The van der Waals surface area contributed by atoms with Gasteiger partial charge in [-0.3, -0.25) is 14.4 Å². The highest BCUT2D eigenvalue weighted by Gasteiger charge is 2.34. The lowest BCUT2D eigenvalue weighted by molar-refractivity contribution is -0.201. The van der Waals surface area contributed by atoms with Gasteiger partial charge in [0.2, 0.25) is 5.91 Å². The smallest absolute Gasteiger partial charge is 0.266 e. The molecule has 0 saturated carbocycles. The molecule has 2 amide bonds. The molecule has 5 heteroatoms. The highest BCUT2D eigenvalue weighted by Crippen LogP contribution is 2.09. The fourth-order valence-corrected chi connectivity index (χ4v) is 1.26. The Kier molecular flexibility index (Phi) is 3.48. The fraction of sp³-hybridized carbons (Fsp3) is 0.556. The van der Waals surface area contributed by atoms with Gasteiger partial charge in [-0.25, -0.2) is 5.06 Å². The summed E-state index contributed by atoms with van der Waals surface area (Å²) in [6, 6.07) is -0.565. The Morgan fingerprint density at radius 1 is 1.71 bits per heavy atom.